The number of urea groups is 1. The molecule has 0 aromatic carbocycles. The van der Waals surface area contributed by atoms with Crippen molar-refractivity contribution in [1.29, 1.82) is 0 Å². The number of furan rings is 1. The van der Waals surface area contributed by atoms with E-state index >= 15 is 0 Å². The van der Waals surface area contributed by atoms with Gasteiger partial charge < -0.3 is 19.2 Å². The molecular formula is C19H26N4O2. The van der Waals surface area contributed by atoms with Gasteiger partial charge in [-0.3, -0.25) is 0 Å². The summed E-state index contributed by atoms with van der Waals surface area (Å²) in [6.07, 6.45) is 10.3. The van der Waals surface area contributed by atoms with Crippen LogP contribution in [0.25, 0.3) is 0 Å². The maximum Gasteiger partial charge on any atom is 0.318 e. The van der Waals surface area contributed by atoms with Gasteiger partial charge in [0.1, 0.15) is 11.6 Å². The van der Waals surface area contributed by atoms with Crippen molar-refractivity contribution in [2.75, 3.05) is 6.54 Å². The average molecular weight is 342 g/mol. The molecule has 1 aliphatic heterocycles. The summed E-state index contributed by atoms with van der Waals surface area (Å²) in [6.45, 7) is 3.72. The van der Waals surface area contributed by atoms with Crippen LogP contribution in [0.1, 0.15) is 55.9 Å². The SMILES string of the molecule is CC(c1ccco1)N(C(=O)NCCc1cn2c(n1)CCCC2)C1CC1. The quantitative estimate of drug-likeness (QED) is 0.876. The number of carbonyl (C=O) groups is 1. The van der Waals surface area contributed by atoms with Gasteiger partial charge in [0.15, 0.2) is 0 Å². The Morgan fingerprint density at radius 3 is 3.08 bits per heavy atom. The molecule has 3 heterocycles. The smallest absolute Gasteiger partial charge is 0.318 e. The number of hydrogen-bond donors (Lipinski definition) is 1. The normalized spacial score (nSPS) is 17.8. The lowest BCUT2D eigenvalue weighted by Crippen LogP contribution is -2.43. The van der Waals surface area contributed by atoms with Gasteiger partial charge in [-0.1, -0.05) is 0 Å². The van der Waals surface area contributed by atoms with Crippen LogP contribution >= 0.6 is 0 Å². The summed E-state index contributed by atoms with van der Waals surface area (Å²) in [5, 5.41) is 3.07. The molecule has 2 aliphatic rings. The number of fused-ring (bicyclic) bond motifs is 1. The summed E-state index contributed by atoms with van der Waals surface area (Å²) in [6, 6.07) is 4.09. The van der Waals surface area contributed by atoms with Crippen LogP contribution in [0.3, 0.4) is 0 Å². The topological polar surface area (TPSA) is 63.3 Å². The van der Waals surface area contributed by atoms with Crippen molar-refractivity contribution < 1.29 is 9.21 Å². The second kappa shape index (κ2) is 6.94. The Bertz CT molecular complexity index is 694. The molecule has 0 bridgehead atoms. The highest BCUT2D eigenvalue weighted by atomic mass is 16.3. The number of rotatable bonds is 6. The molecule has 1 N–H and O–H groups in total. The first-order chi connectivity index (χ1) is 12.2. The summed E-state index contributed by atoms with van der Waals surface area (Å²) >= 11 is 0. The van der Waals surface area contributed by atoms with Crippen molar-refractivity contribution in [1.82, 2.24) is 19.8 Å². The van der Waals surface area contributed by atoms with Crippen molar-refractivity contribution in [3.63, 3.8) is 0 Å². The lowest BCUT2D eigenvalue weighted by atomic mass is 10.2. The molecule has 1 unspecified atom stereocenters. The van der Waals surface area contributed by atoms with E-state index in [9.17, 15) is 4.79 Å². The van der Waals surface area contributed by atoms with Crippen molar-refractivity contribution in [2.45, 2.75) is 64.1 Å². The van der Waals surface area contributed by atoms with Gasteiger partial charge in [0.05, 0.1) is 18.0 Å². The second-order valence-corrected chi connectivity index (χ2v) is 7.11. The standard InChI is InChI=1S/C19H26N4O2/c1-14(17-5-4-12-25-17)23(16-7-8-16)19(24)20-10-9-15-13-22-11-3-2-6-18(22)21-15/h4-5,12-14,16H,2-3,6-11H2,1H3,(H,20,24). The summed E-state index contributed by atoms with van der Waals surface area (Å²) in [7, 11) is 0. The van der Waals surface area contributed by atoms with Crippen molar-refractivity contribution in [3.8, 4) is 0 Å². The highest BCUT2D eigenvalue weighted by Crippen LogP contribution is 2.34. The van der Waals surface area contributed by atoms with Gasteiger partial charge in [-0.25, -0.2) is 9.78 Å². The fraction of sp³-hybridized carbons (Fsp3) is 0.579. The number of aromatic nitrogens is 2. The molecule has 1 fully saturated rings. The monoisotopic (exact) mass is 342 g/mol. The number of nitrogens with zero attached hydrogens (tertiary/aromatic N) is 3. The molecule has 2 amide bonds. The van der Waals surface area contributed by atoms with E-state index in [1.54, 1.807) is 6.26 Å². The van der Waals surface area contributed by atoms with E-state index in [0.717, 1.165) is 43.7 Å². The summed E-state index contributed by atoms with van der Waals surface area (Å²) in [5.74, 6) is 2.03. The molecule has 0 spiro atoms. The molecule has 1 saturated carbocycles. The molecule has 0 radical (unpaired) electrons. The zero-order chi connectivity index (χ0) is 17.2. The Balaban J connectivity index is 1.33. The minimum absolute atomic E-state index is 0.00428. The number of carbonyl (C=O) groups excluding carboxylic acids is 1. The molecule has 2 aromatic heterocycles. The maximum absolute atomic E-state index is 12.7. The Kier molecular flexibility index (Phi) is 4.51. The average Bonchev–Trinajstić information content (AvgIpc) is 3.13. The van der Waals surface area contributed by atoms with Gasteiger partial charge >= 0.3 is 6.03 Å². The summed E-state index contributed by atoms with van der Waals surface area (Å²) in [5.41, 5.74) is 1.08. The Morgan fingerprint density at radius 2 is 2.36 bits per heavy atom. The molecule has 0 saturated heterocycles. The van der Waals surface area contributed by atoms with Gasteiger partial charge in [0.2, 0.25) is 0 Å². The number of aryl methyl sites for hydroxylation is 2. The van der Waals surface area contributed by atoms with Crippen LogP contribution in [0.2, 0.25) is 0 Å². The lowest BCUT2D eigenvalue weighted by molar-refractivity contribution is 0.166. The van der Waals surface area contributed by atoms with Crippen molar-refractivity contribution in [2.24, 2.45) is 0 Å². The molecule has 134 valence electrons. The third kappa shape index (κ3) is 3.57. The van der Waals surface area contributed by atoms with Gasteiger partial charge in [0, 0.05) is 38.2 Å². The van der Waals surface area contributed by atoms with E-state index in [1.165, 1.54) is 18.7 Å². The number of nitrogens with one attached hydrogen (secondary N) is 1. The molecule has 2 aromatic rings. The molecular weight excluding hydrogens is 316 g/mol. The number of amides is 2. The fourth-order valence-electron chi connectivity index (χ4n) is 3.66. The Hall–Kier alpha value is -2.24. The Morgan fingerprint density at radius 1 is 1.48 bits per heavy atom. The zero-order valence-corrected chi connectivity index (χ0v) is 14.8. The molecule has 6 heteroatoms. The first-order valence-electron chi connectivity index (χ1n) is 9.37. The fourth-order valence-corrected chi connectivity index (χ4v) is 3.66. The van der Waals surface area contributed by atoms with Crippen molar-refractivity contribution >= 4 is 6.03 Å². The highest BCUT2D eigenvalue weighted by molar-refractivity contribution is 5.75. The zero-order valence-electron chi connectivity index (χ0n) is 14.8. The predicted molar refractivity (Wildman–Crippen MR) is 94.3 cm³/mol. The predicted octanol–water partition coefficient (Wildman–Crippen LogP) is 3.29. The molecule has 25 heavy (non-hydrogen) atoms. The van der Waals surface area contributed by atoms with E-state index in [-0.39, 0.29) is 12.1 Å². The summed E-state index contributed by atoms with van der Waals surface area (Å²) < 4.78 is 7.75. The largest absolute Gasteiger partial charge is 0.467 e. The first kappa shape index (κ1) is 16.2. The van der Waals surface area contributed by atoms with Crippen LogP contribution in [-0.4, -0.2) is 33.1 Å². The molecule has 1 aliphatic carbocycles. The van der Waals surface area contributed by atoms with Crippen LogP contribution in [0.4, 0.5) is 4.79 Å². The van der Waals surface area contributed by atoms with Crippen molar-refractivity contribution in [3.05, 3.63) is 41.9 Å². The van der Waals surface area contributed by atoms with Crippen LogP contribution in [0.15, 0.2) is 29.0 Å². The maximum atomic E-state index is 12.7. The van der Waals surface area contributed by atoms with E-state index in [1.807, 2.05) is 24.0 Å². The third-order valence-corrected chi connectivity index (χ3v) is 5.16. The minimum Gasteiger partial charge on any atom is -0.467 e. The number of imidazole rings is 1. The minimum atomic E-state index is -0.0394. The van der Waals surface area contributed by atoms with E-state index in [4.69, 9.17) is 9.40 Å². The van der Waals surface area contributed by atoms with Crippen LogP contribution < -0.4 is 5.32 Å². The van der Waals surface area contributed by atoms with E-state index in [2.05, 4.69) is 16.1 Å². The lowest BCUT2D eigenvalue weighted by Gasteiger charge is -2.28. The Labute approximate surface area is 148 Å². The third-order valence-electron chi connectivity index (χ3n) is 5.16. The molecule has 4 rings (SSSR count). The first-order valence-corrected chi connectivity index (χ1v) is 9.37. The molecule has 1 atom stereocenters. The van der Waals surface area contributed by atoms with E-state index < -0.39 is 0 Å². The van der Waals surface area contributed by atoms with Gasteiger partial charge in [-0.05, 0) is 44.7 Å². The van der Waals surface area contributed by atoms with Crippen LogP contribution in [-0.2, 0) is 19.4 Å². The van der Waals surface area contributed by atoms with Crippen LogP contribution in [0, 0.1) is 0 Å². The molecule has 6 nitrogen and oxygen atoms in total. The summed E-state index contributed by atoms with van der Waals surface area (Å²) in [4.78, 5) is 19.3. The van der Waals surface area contributed by atoms with E-state index in [0.29, 0.717) is 12.6 Å². The van der Waals surface area contributed by atoms with Gasteiger partial charge in [0.25, 0.3) is 0 Å². The van der Waals surface area contributed by atoms with Gasteiger partial charge in [-0.15, -0.1) is 0 Å². The second-order valence-electron chi connectivity index (χ2n) is 7.11. The number of hydrogen-bond acceptors (Lipinski definition) is 3. The highest BCUT2D eigenvalue weighted by Gasteiger charge is 2.37. The van der Waals surface area contributed by atoms with Crippen LogP contribution in [0.5, 0.6) is 0 Å². The van der Waals surface area contributed by atoms with Gasteiger partial charge in [-0.2, -0.15) is 0 Å².